The van der Waals surface area contributed by atoms with Crippen LogP contribution in [-0.2, 0) is 4.79 Å². The molecule has 0 aromatic heterocycles. The Bertz CT molecular complexity index is 457. The SMILES string of the molecule is CCC(C)(C)NC(=O)C(C)Oc1ccc(Cl)cc1C. The van der Waals surface area contributed by atoms with Crippen LogP contribution in [0.15, 0.2) is 18.2 Å². The summed E-state index contributed by atoms with van der Waals surface area (Å²) in [6.07, 6.45) is 0.330. The molecule has 0 radical (unpaired) electrons. The highest BCUT2D eigenvalue weighted by molar-refractivity contribution is 6.30. The van der Waals surface area contributed by atoms with E-state index in [1.807, 2.05) is 33.8 Å². The molecule has 1 atom stereocenters. The van der Waals surface area contributed by atoms with Gasteiger partial charge in [-0.25, -0.2) is 0 Å². The maximum absolute atomic E-state index is 12.0. The Morgan fingerprint density at radius 3 is 2.63 bits per heavy atom. The molecule has 4 heteroatoms. The summed E-state index contributed by atoms with van der Waals surface area (Å²) in [7, 11) is 0. The van der Waals surface area contributed by atoms with Crippen LogP contribution < -0.4 is 10.1 Å². The van der Waals surface area contributed by atoms with Gasteiger partial charge >= 0.3 is 0 Å². The Labute approximate surface area is 120 Å². The molecule has 0 aliphatic heterocycles. The number of hydrogen-bond acceptors (Lipinski definition) is 2. The molecule has 0 bridgehead atoms. The van der Waals surface area contributed by atoms with E-state index in [0.29, 0.717) is 10.8 Å². The largest absolute Gasteiger partial charge is 0.481 e. The van der Waals surface area contributed by atoms with Crippen molar-refractivity contribution in [3.05, 3.63) is 28.8 Å². The van der Waals surface area contributed by atoms with Crippen molar-refractivity contribution in [2.24, 2.45) is 0 Å². The number of rotatable bonds is 5. The third-order valence-corrected chi connectivity index (χ3v) is 3.39. The molecule has 1 aromatic rings. The van der Waals surface area contributed by atoms with E-state index in [9.17, 15) is 4.79 Å². The van der Waals surface area contributed by atoms with E-state index in [2.05, 4.69) is 5.32 Å². The fraction of sp³-hybridized carbons (Fsp3) is 0.533. The van der Waals surface area contributed by atoms with Gasteiger partial charge in [0.05, 0.1) is 0 Å². The van der Waals surface area contributed by atoms with Crippen LogP contribution in [0.25, 0.3) is 0 Å². The van der Waals surface area contributed by atoms with Crippen LogP contribution in [0.4, 0.5) is 0 Å². The average Bonchev–Trinajstić information content (AvgIpc) is 2.32. The molecular formula is C15H22ClNO2. The molecule has 0 aliphatic carbocycles. The Balaban J connectivity index is 2.69. The summed E-state index contributed by atoms with van der Waals surface area (Å²) in [6, 6.07) is 5.36. The Kier molecular flexibility index (Phi) is 5.24. The second-order valence-electron chi connectivity index (χ2n) is 5.40. The molecule has 0 saturated carbocycles. The first-order chi connectivity index (χ1) is 8.75. The lowest BCUT2D eigenvalue weighted by Crippen LogP contribution is -2.48. The van der Waals surface area contributed by atoms with Crippen molar-refractivity contribution in [3.63, 3.8) is 0 Å². The molecular weight excluding hydrogens is 262 g/mol. The van der Waals surface area contributed by atoms with Crippen molar-refractivity contribution in [1.82, 2.24) is 5.32 Å². The van der Waals surface area contributed by atoms with Gasteiger partial charge in [0.1, 0.15) is 5.75 Å². The third kappa shape index (κ3) is 4.75. The number of carbonyl (C=O) groups is 1. The van der Waals surface area contributed by atoms with E-state index in [4.69, 9.17) is 16.3 Å². The van der Waals surface area contributed by atoms with Crippen molar-refractivity contribution >= 4 is 17.5 Å². The number of hydrogen-bond donors (Lipinski definition) is 1. The zero-order valence-electron chi connectivity index (χ0n) is 12.2. The number of nitrogens with one attached hydrogen (secondary N) is 1. The first-order valence-electron chi connectivity index (χ1n) is 6.50. The van der Waals surface area contributed by atoms with Crippen molar-refractivity contribution in [2.45, 2.75) is 52.7 Å². The first kappa shape index (κ1) is 15.8. The monoisotopic (exact) mass is 283 g/mol. The molecule has 0 heterocycles. The fourth-order valence-electron chi connectivity index (χ4n) is 1.51. The summed E-state index contributed by atoms with van der Waals surface area (Å²) in [5, 5.41) is 3.63. The molecule has 1 aromatic carbocycles. The molecule has 1 rings (SSSR count). The lowest BCUT2D eigenvalue weighted by Gasteiger charge is -2.26. The molecule has 0 aliphatic rings. The lowest BCUT2D eigenvalue weighted by molar-refractivity contribution is -0.129. The van der Waals surface area contributed by atoms with E-state index in [1.165, 1.54) is 0 Å². The quantitative estimate of drug-likeness (QED) is 0.894. The molecule has 1 N–H and O–H groups in total. The van der Waals surface area contributed by atoms with Crippen LogP contribution in [0.1, 0.15) is 39.7 Å². The molecule has 0 saturated heterocycles. The van der Waals surface area contributed by atoms with Crippen molar-refractivity contribution < 1.29 is 9.53 Å². The van der Waals surface area contributed by atoms with Gasteiger partial charge in [-0.2, -0.15) is 0 Å². The zero-order valence-corrected chi connectivity index (χ0v) is 13.0. The molecule has 1 unspecified atom stereocenters. The van der Waals surface area contributed by atoms with Gasteiger partial charge in [0, 0.05) is 10.6 Å². The molecule has 106 valence electrons. The minimum Gasteiger partial charge on any atom is -0.481 e. The van der Waals surface area contributed by atoms with Crippen molar-refractivity contribution in [1.29, 1.82) is 0 Å². The second-order valence-corrected chi connectivity index (χ2v) is 5.83. The van der Waals surface area contributed by atoms with Gasteiger partial charge in [0.2, 0.25) is 0 Å². The summed E-state index contributed by atoms with van der Waals surface area (Å²) in [5.41, 5.74) is 0.700. The summed E-state index contributed by atoms with van der Waals surface area (Å²) >= 11 is 5.89. The molecule has 1 amide bonds. The predicted molar refractivity (Wildman–Crippen MR) is 78.8 cm³/mol. The number of ether oxygens (including phenoxy) is 1. The number of benzene rings is 1. The van der Waals surface area contributed by atoms with Crippen molar-refractivity contribution in [3.8, 4) is 5.75 Å². The second kappa shape index (κ2) is 6.29. The predicted octanol–water partition coefficient (Wildman–Crippen LogP) is 3.72. The average molecular weight is 284 g/mol. The highest BCUT2D eigenvalue weighted by atomic mass is 35.5. The summed E-state index contributed by atoms with van der Waals surface area (Å²) in [6.45, 7) is 9.67. The third-order valence-electron chi connectivity index (χ3n) is 3.16. The van der Waals surface area contributed by atoms with Gasteiger partial charge in [0.25, 0.3) is 5.91 Å². The highest BCUT2D eigenvalue weighted by Crippen LogP contribution is 2.23. The van der Waals surface area contributed by atoms with Crippen molar-refractivity contribution in [2.75, 3.05) is 0 Å². The van der Waals surface area contributed by atoms with Gasteiger partial charge in [-0.1, -0.05) is 18.5 Å². The van der Waals surface area contributed by atoms with E-state index in [0.717, 1.165) is 12.0 Å². The van der Waals surface area contributed by atoms with Crippen LogP contribution in [0.3, 0.4) is 0 Å². The fourth-order valence-corrected chi connectivity index (χ4v) is 1.74. The summed E-state index contributed by atoms with van der Waals surface area (Å²) in [4.78, 5) is 12.0. The van der Waals surface area contributed by atoms with Gasteiger partial charge < -0.3 is 10.1 Å². The smallest absolute Gasteiger partial charge is 0.261 e. The molecule has 19 heavy (non-hydrogen) atoms. The van der Waals surface area contributed by atoms with Gasteiger partial charge in [-0.15, -0.1) is 0 Å². The van der Waals surface area contributed by atoms with E-state index in [1.54, 1.807) is 19.1 Å². The van der Waals surface area contributed by atoms with E-state index >= 15 is 0 Å². The van der Waals surface area contributed by atoms with Gasteiger partial charge in [-0.05, 0) is 57.9 Å². The molecule has 0 spiro atoms. The minimum atomic E-state index is -0.536. The Morgan fingerprint density at radius 1 is 1.47 bits per heavy atom. The zero-order chi connectivity index (χ0) is 14.6. The maximum atomic E-state index is 12.0. The minimum absolute atomic E-state index is 0.110. The highest BCUT2D eigenvalue weighted by Gasteiger charge is 2.23. The summed E-state index contributed by atoms with van der Waals surface area (Å²) in [5.74, 6) is 0.572. The van der Waals surface area contributed by atoms with E-state index < -0.39 is 6.10 Å². The van der Waals surface area contributed by atoms with Crippen LogP contribution >= 0.6 is 11.6 Å². The number of aryl methyl sites for hydroxylation is 1. The van der Waals surface area contributed by atoms with Gasteiger partial charge in [-0.3, -0.25) is 4.79 Å². The standard InChI is InChI=1S/C15H22ClNO2/c1-6-15(4,5)17-14(18)11(3)19-13-8-7-12(16)9-10(13)2/h7-9,11H,6H2,1-5H3,(H,17,18). The topological polar surface area (TPSA) is 38.3 Å². The van der Waals surface area contributed by atoms with Crippen LogP contribution in [-0.4, -0.2) is 17.6 Å². The summed E-state index contributed by atoms with van der Waals surface area (Å²) < 4.78 is 5.68. The Morgan fingerprint density at radius 2 is 2.11 bits per heavy atom. The molecule has 0 fully saturated rings. The van der Waals surface area contributed by atoms with Gasteiger partial charge in [0.15, 0.2) is 6.10 Å². The maximum Gasteiger partial charge on any atom is 0.261 e. The Hall–Kier alpha value is -1.22. The first-order valence-corrected chi connectivity index (χ1v) is 6.88. The van der Waals surface area contributed by atoms with Crippen LogP contribution in [0.5, 0.6) is 5.75 Å². The van der Waals surface area contributed by atoms with E-state index in [-0.39, 0.29) is 11.4 Å². The number of carbonyl (C=O) groups excluding carboxylic acids is 1. The lowest BCUT2D eigenvalue weighted by atomic mass is 10.0. The number of amides is 1. The number of halogens is 1. The van der Waals surface area contributed by atoms with Crippen LogP contribution in [0.2, 0.25) is 5.02 Å². The normalized spacial score (nSPS) is 12.9. The van der Waals surface area contributed by atoms with Crippen LogP contribution in [0, 0.1) is 6.92 Å². The molecule has 3 nitrogen and oxygen atoms in total.